The number of piperazine rings is 1. The fourth-order valence-corrected chi connectivity index (χ4v) is 3.86. The molecule has 1 atom stereocenters. The second kappa shape index (κ2) is 7.50. The van der Waals surface area contributed by atoms with Gasteiger partial charge in [-0.1, -0.05) is 42.5 Å². The van der Waals surface area contributed by atoms with Crippen molar-refractivity contribution in [2.75, 3.05) is 26.2 Å². The molecule has 0 radical (unpaired) electrons. The van der Waals surface area contributed by atoms with Crippen molar-refractivity contribution in [2.24, 2.45) is 0 Å². The lowest BCUT2D eigenvalue weighted by Gasteiger charge is -2.42. The lowest BCUT2D eigenvalue weighted by Crippen LogP contribution is -2.51. The summed E-state index contributed by atoms with van der Waals surface area (Å²) in [5.74, 6) is 0.745. The van der Waals surface area contributed by atoms with Gasteiger partial charge in [-0.05, 0) is 37.5 Å². The van der Waals surface area contributed by atoms with Gasteiger partial charge in [0.2, 0.25) is 0 Å². The SMILES string of the molecule is CCOc1ccccc1C(=O)N1CCN(C2CC2)CC1c1ccccc1. The number of carbonyl (C=O) groups is 1. The zero-order valence-electron chi connectivity index (χ0n) is 15.3. The molecule has 2 fully saturated rings. The van der Waals surface area contributed by atoms with Gasteiger partial charge >= 0.3 is 0 Å². The molecule has 0 aromatic heterocycles. The van der Waals surface area contributed by atoms with Gasteiger partial charge in [0, 0.05) is 25.7 Å². The van der Waals surface area contributed by atoms with E-state index in [2.05, 4.69) is 29.2 Å². The number of rotatable bonds is 5. The Kier molecular flexibility index (Phi) is 4.93. The van der Waals surface area contributed by atoms with Crippen LogP contribution in [0.15, 0.2) is 54.6 Å². The third kappa shape index (κ3) is 3.47. The van der Waals surface area contributed by atoms with Gasteiger partial charge < -0.3 is 9.64 Å². The highest BCUT2D eigenvalue weighted by atomic mass is 16.5. The van der Waals surface area contributed by atoms with Crippen molar-refractivity contribution in [3.63, 3.8) is 0 Å². The highest BCUT2D eigenvalue weighted by Gasteiger charge is 2.38. The monoisotopic (exact) mass is 350 g/mol. The number of hydrogen-bond acceptors (Lipinski definition) is 3. The first-order valence-electron chi connectivity index (χ1n) is 9.59. The first-order valence-corrected chi connectivity index (χ1v) is 9.59. The summed E-state index contributed by atoms with van der Waals surface area (Å²) in [4.78, 5) is 18.0. The van der Waals surface area contributed by atoms with Gasteiger partial charge in [0.05, 0.1) is 18.2 Å². The van der Waals surface area contributed by atoms with Crippen LogP contribution in [-0.4, -0.2) is 48.0 Å². The van der Waals surface area contributed by atoms with Gasteiger partial charge in [-0.3, -0.25) is 9.69 Å². The molecule has 2 aliphatic rings. The Morgan fingerprint density at radius 1 is 1.04 bits per heavy atom. The number of ether oxygens (including phenoxy) is 1. The van der Waals surface area contributed by atoms with Gasteiger partial charge in [-0.15, -0.1) is 0 Å². The number of amides is 1. The second-order valence-corrected chi connectivity index (χ2v) is 7.08. The first-order chi connectivity index (χ1) is 12.8. The van der Waals surface area contributed by atoms with Gasteiger partial charge in [-0.25, -0.2) is 0 Å². The largest absolute Gasteiger partial charge is 0.493 e. The number of para-hydroxylation sites is 1. The van der Waals surface area contributed by atoms with E-state index in [-0.39, 0.29) is 11.9 Å². The van der Waals surface area contributed by atoms with Crippen LogP contribution < -0.4 is 4.74 Å². The Morgan fingerprint density at radius 2 is 1.77 bits per heavy atom. The van der Waals surface area contributed by atoms with E-state index in [0.717, 1.165) is 19.6 Å². The maximum Gasteiger partial charge on any atom is 0.258 e. The minimum atomic E-state index is 0.0679. The lowest BCUT2D eigenvalue weighted by molar-refractivity contribution is 0.0429. The van der Waals surface area contributed by atoms with Crippen LogP contribution >= 0.6 is 0 Å². The van der Waals surface area contributed by atoms with Gasteiger partial charge in [0.15, 0.2) is 0 Å². The van der Waals surface area contributed by atoms with Crippen LogP contribution in [-0.2, 0) is 0 Å². The van der Waals surface area contributed by atoms with Crippen LogP contribution in [0.5, 0.6) is 5.75 Å². The summed E-state index contributed by atoms with van der Waals surface area (Å²) < 4.78 is 5.70. The lowest BCUT2D eigenvalue weighted by atomic mass is 10.0. The summed E-state index contributed by atoms with van der Waals surface area (Å²) in [5, 5.41) is 0. The van der Waals surface area contributed by atoms with Crippen LogP contribution in [0.4, 0.5) is 0 Å². The molecule has 2 aromatic rings. The Morgan fingerprint density at radius 3 is 2.50 bits per heavy atom. The fourth-order valence-electron chi connectivity index (χ4n) is 3.86. The highest BCUT2D eigenvalue weighted by molar-refractivity contribution is 5.97. The molecular formula is C22H26N2O2. The Balaban J connectivity index is 1.63. The Hall–Kier alpha value is -2.33. The first kappa shape index (κ1) is 17.1. The Bertz CT molecular complexity index is 758. The molecule has 0 N–H and O–H groups in total. The smallest absolute Gasteiger partial charge is 0.258 e. The van der Waals surface area contributed by atoms with E-state index in [1.54, 1.807) is 0 Å². The molecule has 26 heavy (non-hydrogen) atoms. The molecule has 1 unspecified atom stereocenters. The van der Waals surface area contributed by atoms with Crippen molar-refractivity contribution in [2.45, 2.75) is 31.8 Å². The summed E-state index contributed by atoms with van der Waals surface area (Å²) in [5.41, 5.74) is 1.87. The highest BCUT2D eigenvalue weighted by Crippen LogP contribution is 2.35. The van der Waals surface area contributed by atoms with E-state index < -0.39 is 0 Å². The molecule has 1 aliphatic carbocycles. The van der Waals surface area contributed by atoms with Gasteiger partial charge in [0.1, 0.15) is 5.75 Å². The molecule has 2 aromatic carbocycles. The third-order valence-corrected chi connectivity index (χ3v) is 5.34. The van der Waals surface area contributed by atoms with Crippen molar-refractivity contribution in [3.8, 4) is 5.75 Å². The van der Waals surface area contributed by atoms with Gasteiger partial charge in [-0.2, -0.15) is 0 Å². The van der Waals surface area contributed by atoms with E-state index in [1.807, 2.05) is 42.2 Å². The van der Waals surface area contributed by atoms with Crippen molar-refractivity contribution in [1.82, 2.24) is 9.80 Å². The van der Waals surface area contributed by atoms with Crippen LogP contribution in [0.25, 0.3) is 0 Å². The summed E-state index contributed by atoms with van der Waals surface area (Å²) >= 11 is 0. The zero-order chi connectivity index (χ0) is 17.9. The van der Waals surface area contributed by atoms with Gasteiger partial charge in [0.25, 0.3) is 5.91 Å². The average Bonchev–Trinajstić information content (AvgIpc) is 3.54. The standard InChI is InChI=1S/C22H26N2O2/c1-2-26-21-11-7-6-10-19(21)22(25)24-15-14-23(18-12-13-18)16-20(24)17-8-4-3-5-9-17/h3-11,18,20H,2,12-16H2,1H3. The summed E-state index contributed by atoms with van der Waals surface area (Å²) in [6, 6.07) is 18.8. The molecule has 4 rings (SSSR count). The van der Waals surface area contributed by atoms with Crippen molar-refractivity contribution in [3.05, 3.63) is 65.7 Å². The normalized spacial score (nSPS) is 20.8. The number of carbonyl (C=O) groups excluding carboxylic acids is 1. The molecule has 1 saturated carbocycles. The fraction of sp³-hybridized carbons (Fsp3) is 0.409. The molecule has 4 nitrogen and oxygen atoms in total. The van der Waals surface area contributed by atoms with E-state index >= 15 is 0 Å². The maximum atomic E-state index is 13.4. The van der Waals surface area contributed by atoms with Crippen LogP contribution in [0.1, 0.15) is 41.7 Å². The number of nitrogens with zero attached hydrogens (tertiary/aromatic N) is 2. The third-order valence-electron chi connectivity index (χ3n) is 5.34. The summed E-state index contributed by atoms with van der Waals surface area (Å²) in [7, 11) is 0. The Labute approximate surface area is 155 Å². The van der Waals surface area contributed by atoms with Crippen LogP contribution in [0.2, 0.25) is 0 Å². The van der Waals surface area contributed by atoms with Crippen molar-refractivity contribution in [1.29, 1.82) is 0 Å². The molecule has 1 amide bonds. The predicted octanol–water partition coefficient (Wildman–Crippen LogP) is 3.75. The molecule has 1 saturated heterocycles. The molecule has 0 bridgehead atoms. The molecule has 136 valence electrons. The molecular weight excluding hydrogens is 324 g/mol. The zero-order valence-corrected chi connectivity index (χ0v) is 15.3. The van der Waals surface area contributed by atoms with E-state index in [0.29, 0.717) is 24.0 Å². The minimum absolute atomic E-state index is 0.0679. The quantitative estimate of drug-likeness (QED) is 0.823. The van der Waals surface area contributed by atoms with Crippen LogP contribution in [0, 0.1) is 0 Å². The molecule has 0 spiro atoms. The molecule has 1 aliphatic heterocycles. The maximum absolute atomic E-state index is 13.4. The van der Waals surface area contributed by atoms with E-state index in [1.165, 1.54) is 18.4 Å². The second-order valence-electron chi connectivity index (χ2n) is 7.08. The van der Waals surface area contributed by atoms with Crippen LogP contribution in [0.3, 0.4) is 0 Å². The van der Waals surface area contributed by atoms with E-state index in [4.69, 9.17) is 4.74 Å². The molecule has 4 heteroatoms. The topological polar surface area (TPSA) is 32.8 Å². The predicted molar refractivity (Wildman–Crippen MR) is 102 cm³/mol. The average molecular weight is 350 g/mol. The molecule has 1 heterocycles. The van der Waals surface area contributed by atoms with Crippen molar-refractivity contribution >= 4 is 5.91 Å². The summed E-state index contributed by atoms with van der Waals surface area (Å²) in [6.45, 7) is 5.13. The van der Waals surface area contributed by atoms with Crippen molar-refractivity contribution < 1.29 is 9.53 Å². The number of benzene rings is 2. The van der Waals surface area contributed by atoms with E-state index in [9.17, 15) is 4.79 Å². The minimum Gasteiger partial charge on any atom is -0.493 e. The number of hydrogen-bond donors (Lipinski definition) is 0. The summed E-state index contributed by atoms with van der Waals surface area (Å²) in [6.07, 6.45) is 2.59.